The van der Waals surface area contributed by atoms with Crippen molar-refractivity contribution in [1.82, 2.24) is 10.0 Å². The molecule has 2 rings (SSSR count). The number of halogens is 2. The summed E-state index contributed by atoms with van der Waals surface area (Å²) in [6, 6.07) is 10.9. The van der Waals surface area contributed by atoms with Gasteiger partial charge in [-0.25, -0.2) is 8.42 Å². The second-order valence-corrected chi connectivity index (χ2v) is 9.69. The highest BCUT2D eigenvalue weighted by atomic mass is 35.5. The van der Waals surface area contributed by atoms with E-state index in [0.29, 0.717) is 18.7 Å². The topological polar surface area (TPSA) is 75.3 Å². The Balaban J connectivity index is 2.16. The fourth-order valence-corrected chi connectivity index (χ4v) is 4.99. The molecule has 2 aromatic rings. The lowest BCUT2D eigenvalue weighted by atomic mass is 10.1. The highest BCUT2D eigenvalue weighted by Gasteiger charge is 2.27. The molecule has 0 spiro atoms. The Labute approximate surface area is 180 Å². The third kappa shape index (κ3) is 6.39. The van der Waals surface area contributed by atoms with E-state index < -0.39 is 16.1 Å². The Morgan fingerprint density at radius 3 is 2.57 bits per heavy atom. The molecule has 1 amide bonds. The standard InChI is InChI=1S/C19H22Cl2N2O3S2/c1-13-5-3-4-6-14(13)12-22-19(24)17(9-10-27-2)23-28(25,26)18-11-15(20)7-8-16(18)21/h3-8,11,17,23H,9-10,12H2,1-2H3,(H,22,24). The molecule has 0 saturated heterocycles. The Hall–Kier alpha value is -1.25. The second-order valence-electron chi connectivity index (χ2n) is 6.17. The molecule has 0 bridgehead atoms. The van der Waals surface area contributed by atoms with E-state index in [-0.39, 0.29) is 20.8 Å². The highest BCUT2D eigenvalue weighted by Crippen LogP contribution is 2.25. The van der Waals surface area contributed by atoms with Crippen LogP contribution in [-0.2, 0) is 21.4 Å². The summed E-state index contributed by atoms with van der Waals surface area (Å²) in [5, 5.41) is 3.10. The predicted molar refractivity (Wildman–Crippen MR) is 117 cm³/mol. The van der Waals surface area contributed by atoms with Crippen LogP contribution < -0.4 is 10.0 Å². The zero-order valence-corrected chi connectivity index (χ0v) is 18.7. The smallest absolute Gasteiger partial charge is 0.242 e. The molecule has 1 atom stereocenters. The zero-order valence-electron chi connectivity index (χ0n) is 15.5. The van der Waals surface area contributed by atoms with Crippen molar-refractivity contribution in [3.05, 3.63) is 63.6 Å². The van der Waals surface area contributed by atoms with Crippen LogP contribution >= 0.6 is 35.0 Å². The summed E-state index contributed by atoms with van der Waals surface area (Å²) in [6.07, 6.45) is 2.24. The van der Waals surface area contributed by atoms with Crippen molar-refractivity contribution in [2.75, 3.05) is 12.0 Å². The van der Waals surface area contributed by atoms with Crippen LogP contribution in [0.3, 0.4) is 0 Å². The van der Waals surface area contributed by atoms with Gasteiger partial charge < -0.3 is 5.32 Å². The fourth-order valence-electron chi connectivity index (χ4n) is 2.53. The number of hydrogen-bond donors (Lipinski definition) is 2. The monoisotopic (exact) mass is 460 g/mol. The van der Waals surface area contributed by atoms with Gasteiger partial charge in [-0.05, 0) is 54.7 Å². The van der Waals surface area contributed by atoms with Crippen LogP contribution in [0.2, 0.25) is 10.0 Å². The van der Waals surface area contributed by atoms with Gasteiger partial charge in [-0.2, -0.15) is 16.5 Å². The summed E-state index contributed by atoms with van der Waals surface area (Å²) < 4.78 is 28.0. The van der Waals surface area contributed by atoms with E-state index in [0.717, 1.165) is 11.1 Å². The first kappa shape index (κ1) is 23.0. The molecule has 0 aliphatic heterocycles. The number of thioether (sulfide) groups is 1. The summed E-state index contributed by atoms with van der Waals surface area (Å²) in [5.74, 6) is 0.230. The Morgan fingerprint density at radius 2 is 1.89 bits per heavy atom. The van der Waals surface area contributed by atoms with E-state index >= 15 is 0 Å². The van der Waals surface area contributed by atoms with Crippen LogP contribution in [0.25, 0.3) is 0 Å². The minimum absolute atomic E-state index is 0.0424. The SMILES string of the molecule is CSCCC(NS(=O)(=O)c1cc(Cl)ccc1Cl)C(=O)NCc1ccccc1C. The maximum Gasteiger partial charge on any atom is 0.242 e. The molecule has 2 N–H and O–H groups in total. The molecular weight excluding hydrogens is 439 g/mol. The minimum Gasteiger partial charge on any atom is -0.351 e. The molecule has 9 heteroatoms. The third-order valence-corrected chi connectivity index (χ3v) is 6.95. The molecule has 28 heavy (non-hydrogen) atoms. The molecule has 0 aromatic heterocycles. The molecule has 0 aliphatic rings. The molecule has 0 saturated carbocycles. The quantitative estimate of drug-likeness (QED) is 0.592. The van der Waals surface area contributed by atoms with Gasteiger partial charge in [-0.1, -0.05) is 47.5 Å². The number of nitrogens with one attached hydrogen (secondary N) is 2. The molecule has 1 unspecified atom stereocenters. The lowest BCUT2D eigenvalue weighted by Crippen LogP contribution is -2.46. The Bertz CT molecular complexity index is 937. The van der Waals surface area contributed by atoms with Crippen LogP contribution in [0, 0.1) is 6.92 Å². The van der Waals surface area contributed by atoms with E-state index in [1.165, 1.54) is 30.0 Å². The van der Waals surface area contributed by atoms with E-state index in [1.54, 1.807) is 0 Å². The number of aryl methyl sites for hydroxylation is 1. The maximum atomic E-state index is 12.8. The molecule has 152 valence electrons. The number of sulfonamides is 1. The molecule has 0 aliphatic carbocycles. The lowest BCUT2D eigenvalue weighted by molar-refractivity contribution is -0.122. The fraction of sp³-hybridized carbons (Fsp3) is 0.316. The molecule has 0 radical (unpaired) electrons. The first-order valence-electron chi connectivity index (χ1n) is 8.53. The predicted octanol–water partition coefficient (Wildman–Crippen LogP) is 4.02. The number of carbonyl (C=O) groups is 1. The van der Waals surface area contributed by atoms with Gasteiger partial charge in [0.2, 0.25) is 15.9 Å². The van der Waals surface area contributed by atoms with Gasteiger partial charge in [-0.15, -0.1) is 0 Å². The van der Waals surface area contributed by atoms with Gasteiger partial charge in [0.1, 0.15) is 10.9 Å². The number of hydrogen-bond acceptors (Lipinski definition) is 4. The largest absolute Gasteiger partial charge is 0.351 e. The average molecular weight is 461 g/mol. The van der Waals surface area contributed by atoms with E-state index in [4.69, 9.17) is 23.2 Å². The molecule has 0 fully saturated rings. The second kappa shape index (κ2) is 10.5. The van der Waals surface area contributed by atoms with E-state index in [1.807, 2.05) is 37.4 Å². The van der Waals surface area contributed by atoms with E-state index in [2.05, 4.69) is 10.0 Å². The highest BCUT2D eigenvalue weighted by molar-refractivity contribution is 7.98. The average Bonchev–Trinajstić information content (AvgIpc) is 2.66. The zero-order chi connectivity index (χ0) is 20.7. The van der Waals surface area contributed by atoms with Gasteiger partial charge in [0.15, 0.2) is 0 Å². The van der Waals surface area contributed by atoms with Gasteiger partial charge in [-0.3, -0.25) is 4.79 Å². The summed E-state index contributed by atoms with van der Waals surface area (Å²) in [5.41, 5.74) is 2.02. The van der Waals surface area contributed by atoms with Crippen molar-refractivity contribution in [2.45, 2.75) is 30.8 Å². The van der Waals surface area contributed by atoms with Crippen LogP contribution in [-0.4, -0.2) is 32.4 Å². The van der Waals surface area contributed by atoms with E-state index in [9.17, 15) is 13.2 Å². The normalized spacial score (nSPS) is 12.6. The summed E-state index contributed by atoms with van der Waals surface area (Å²) in [4.78, 5) is 12.5. The Morgan fingerprint density at radius 1 is 1.18 bits per heavy atom. The first-order chi connectivity index (χ1) is 13.2. The number of amides is 1. The van der Waals surface area contributed by atoms with Gasteiger partial charge in [0.05, 0.1) is 5.02 Å². The van der Waals surface area contributed by atoms with Crippen molar-refractivity contribution >= 4 is 50.9 Å². The van der Waals surface area contributed by atoms with Crippen molar-refractivity contribution in [3.63, 3.8) is 0 Å². The lowest BCUT2D eigenvalue weighted by Gasteiger charge is -2.19. The number of rotatable bonds is 9. The maximum absolute atomic E-state index is 12.8. The van der Waals surface area contributed by atoms with Crippen molar-refractivity contribution in [2.24, 2.45) is 0 Å². The van der Waals surface area contributed by atoms with Crippen molar-refractivity contribution in [3.8, 4) is 0 Å². The van der Waals surface area contributed by atoms with Crippen LogP contribution in [0.4, 0.5) is 0 Å². The third-order valence-electron chi connectivity index (χ3n) is 4.12. The van der Waals surface area contributed by atoms with Crippen LogP contribution in [0.1, 0.15) is 17.5 Å². The summed E-state index contributed by atoms with van der Waals surface area (Å²) >= 11 is 13.5. The van der Waals surface area contributed by atoms with Crippen LogP contribution in [0.15, 0.2) is 47.4 Å². The molecule has 5 nitrogen and oxygen atoms in total. The number of benzene rings is 2. The summed E-state index contributed by atoms with van der Waals surface area (Å²) in [6.45, 7) is 2.28. The first-order valence-corrected chi connectivity index (χ1v) is 12.2. The van der Waals surface area contributed by atoms with Gasteiger partial charge in [0, 0.05) is 11.6 Å². The van der Waals surface area contributed by atoms with Crippen molar-refractivity contribution < 1.29 is 13.2 Å². The minimum atomic E-state index is -4.02. The van der Waals surface area contributed by atoms with Gasteiger partial charge >= 0.3 is 0 Å². The van der Waals surface area contributed by atoms with Crippen LogP contribution in [0.5, 0.6) is 0 Å². The summed E-state index contributed by atoms with van der Waals surface area (Å²) in [7, 11) is -4.02. The number of carbonyl (C=O) groups excluding carboxylic acids is 1. The van der Waals surface area contributed by atoms with Crippen molar-refractivity contribution in [1.29, 1.82) is 0 Å². The van der Waals surface area contributed by atoms with Gasteiger partial charge in [0.25, 0.3) is 0 Å². The Kier molecular flexibility index (Phi) is 8.64. The molecular formula is C19H22Cl2N2O3S2. The molecule has 2 aromatic carbocycles. The molecule has 0 heterocycles.